The number of aromatic nitrogens is 1. The van der Waals surface area contributed by atoms with Crippen LogP contribution in [0, 0.1) is 26.6 Å². The Hall–Kier alpha value is -3.74. The minimum absolute atomic E-state index is 0.317. The molecule has 0 aliphatic heterocycles. The first-order valence-corrected chi connectivity index (χ1v) is 9.01. The Morgan fingerprint density at radius 2 is 1.62 bits per heavy atom. The molecule has 0 bridgehead atoms. The van der Waals surface area contributed by atoms with Crippen LogP contribution in [-0.2, 0) is 9.59 Å². The zero-order valence-electron chi connectivity index (χ0n) is 16.4. The standard InChI is InChI=1S/C22H21FN4O2/c1-14-4-10-20(11-5-14)27-15(2)12-17(16(27)3)13-24-26-22(29)21(28)25-19-8-6-18(23)7-9-19/h4-13H,1-3H3,(H,25,28)(H,26,29)/b24-13-. The summed E-state index contributed by atoms with van der Waals surface area (Å²) in [5.41, 5.74) is 7.53. The van der Waals surface area contributed by atoms with Crippen LogP contribution >= 0.6 is 0 Å². The Morgan fingerprint density at radius 1 is 0.966 bits per heavy atom. The number of halogens is 1. The lowest BCUT2D eigenvalue weighted by Gasteiger charge is -2.09. The van der Waals surface area contributed by atoms with E-state index in [9.17, 15) is 14.0 Å². The highest BCUT2D eigenvalue weighted by Gasteiger charge is 2.13. The second kappa shape index (κ2) is 8.52. The average molecular weight is 392 g/mol. The number of rotatable bonds is 4. The monoisotopic (exact) mass is 392 g/mol. The van der Waals surface area contributed by atoms with E-state index in [1.165, 1.54) is 36.0 Å². The molecule has 3 rings (SSSR count). The third-order valence-corrected chi connectivity index (χ3v) is 4.44. The maximum atomic E-state index is 12.9. The summed E-state index contributed by atoms with van der Waals surface area (Å²) in [4.78, 5) is 23.8. The van der Waals surface area contributed by atoms with Crippen molar-refractivity contribution < 1.29 is 14.0 Å². The molecule has 2 aromatic carbocycles. The van der Waals surface area contributed by atoms with Crippen molar-refractivity contribution in [2.75, 3.05) is 5.32 Å². The number of anilines is 1. The fraction of sp³-hybridized carbons (Fsp3) is 0.136. The number of carbonyl (C=O) groups is 2. The SMILES string of the molecule is Cc1ccc(-n2c(C)cc(/C=N\NC(=O)C(=O)Nc3ccc(F)cc3)c2C)cc1. The van der Waals surface area contributed by atoms with Gasteiger partial charge in [0, 0.05) is 28.3 Å². The molecule has 0 aliphatic rings. The summed E-state index contributed by atoms with van der Waals surface area (Å²) < 4.78 is 15.0. The van der Waals surface area contributed by atoms with E-state index in [-0.39, 0.29) is 0 Å². The van der Waals surface area contributed by atoms with Crippen LogP contribution in [0.3, 0.4) is 0 Å². The Kier molecular flexibility index (Phi) is 5.87. The molecule has 1 heterocycles. The number of aryl methyl sites for hydroxylation is 2. The average Bonchev–Trinajstić information content (AvgIpc) is 2.97. The van der Waals surface area contributed by atoms with Crippen LogP contribution in [0.1, 0.15) is 22.5 Å². The first kappa shape index (κ1) is 20.0. The van der Waals surface area contributed by atoms with E-state index < -0.39 is 17.6 Å². The lowest BCUT2D eigenvalue weighted by atomic mass is 10.2. The van der Waals surface area contributed by atoms with Gasteiger partial charge < -0.3 is 9.88 Å². The van der Waals surface area contributed by atoms with Gasteiger partial charge in [0.2, 0.25) is 0 Å². The highest BCUT2D eigenvalue weighted by molar-refractivity contribution is 6.39. The van der Waals surface area contributed by atoms with Gasteiger partial charge in [-0.25, -0.2) is 9.82 Å². The van der Waals surface area contributed by atoms with Crippen LogP contribution in [0.25, 0.3) is 5.69 Å². The second-order valence-electron chi connectivity index (χ2n) is 6.66. The normalized spacial score (nSPS) is 10.9. The van der Waals surface area contributed by atoms with Gasteiger partial charge in [-0.05, 0) is 63.2 Å². The molecule has 1 aromatic heterocycles. The van der Waals surface area contributed by atoms with Crippen molar-refractivity contribution >= 4 is 23.7 Å². The molecule has 0 fully saturated rings. The van der Waals surface area contributed by atoms with Gasteiger partial charge in [-0.3, -0.25) is 9.59 Å². The first-order valence-electron chi connectivity index (χ1n) is 9.01. The predicted molar refractivity (Wildman–Crippen MR) is 111 cm³/mol. The van der Waals surface area contributed by atoms with Gasteiger partial charge in [-0.15, -0.1) is 0 Å². The summed E-state index contributed by atoms with van der Waals surface area (Å²) in [5, 5.41) is 6.26. The van der Waals surface area contributed by atoms with E-state index in [2.05, 4.69) is 20.4 Å². The summed E-state index contributed by atoms with van der Waals surface area (Å²) >= 11 is 0. The van der Waals surface area contributed by atoms with Crippen LogP contribution in [0.5, 0.6) is 0 Å². The summed E-state index contributed by atoms with van der Waals surface area (Å²) in [6.45, 7) is 5.97. The third-order valence-electron chi connectivity index (χ3n) is 4.44. The first-order chi connectivity index (χ1) is 13.8. The molecule has 0 aliphatic carbocycles. The summed E-state index contributed by atoms with van der Waals surface area (Å²) in [5.74, 6) is -2.24. The third kappa shape index (κ3) is 4.76. The van der Waals surface area contributed by atoms with Crippen molar-refractivity contribution in [2.24, 2.45) is 5.10 Å². The van der Waals surface area contributed by atoms with E-state index in [0.717, 1.165) is 22.6 Å². The largest absolute Gasteiger partial charge is 0.329 e. The number of hydrazone groups is 1. The molecule has 3 aromatic rings. The molecular weight excluding hydrogens is 371 g/mol. The highest BCUT2D eigenvalue weighted by Crippen LogP contribution is 2.20. The van der Waals surface area contributed by atoms with Crippen LogP contribution in [0.2, 0.25) is 0 Å². The van der Waals surface area contributed by atoms with Crippen LogP contribution < -0.4 is 10.7 Å². The summed E-state index contributed by atoms with van der Waals surface area (Å²) in [6, 6.07) is 15.2. The minimum atomic E-state index is -0.919. The molecule has 0 atom stereocenters. The molecule has 0 spiro atoms. The molecular formula is C22H21FN4O2. The lowest BCUT2D eigenvalue weighted by molar-refractivity contribution is -0.136. The Morgan fingerprint density at radius 3 is 2.28 bits per heavy atom. The quantitative estimate of drug-likeness (QED) is 0.404. The van der Waals surface area contributed by atoms with Gasteiger partial charge in [0.05, 0.1) is 6.21 Å². The molecule has 0 radical (unpaired) electrons. The Labute approximate surface area is 168 Å². The number of carbonyl (C=O) groups excluding carboxylic acids is 2. The molecule has 29 heavy (non-hydrogen) atoms. The van der Waals surface area contributed by atoms with Gasteiger partial charge in [-0.2, -0.15) is 5.10 Å². The summed E-state index contributed by atoms with van der Waals surface area (Å²) in [6.07, 6.45) is 1.50. The fourth-order valence-corrected chi connectivity index (χ4v) is 2.94. The smallest absolute Gasteiger partial charge is 0.318 e. The van der Waals surface area contributed by atoms with E-state index >= 15 is 0 Å². The maximum Gasteiger partial charge on any atom is 0.329 e. The molecule has 2 amide bonds. The van der Waals surface area contributed by atoms with Crippen molar-refractivity contribution in [1.82, 2.24) is 9.99 Å². The van der Waals surface area contributed by atoms with Crippen LogP contribution in [0.15, 0.2) is 59.7 Å². The summed E-state index contributed by atoms with van der Waals surface area (Å²) in [7, 11) is 0. The predicted octanol–water partition coefficient (Wildman–Crippen LogP) is 3.63. The van der Waals surface area contributed by atoms with Gasteiger partial charge in [0.15, 0.2) is 0 Å². The van der Waals surface area contributed by atoms with Crippen LogP contribution in [0.4, 0.5) is 10.1 Å². The number of benzene rings is 2. The number of hydrogen-bond acceptors (Lipinski definition) is 3. The number of hydrogen-bond donors (Lipinski definition) is 2. The van der Waals surface area contributed by atoms with Crippen molar-refractivity contribution in [3.63, 3.8) is 0 Å². The fourth-order valence-electron chi connectivity index (χ4n) is 2.94. The van der Waals surface area contributed by atoms with E-state index in [4.69, 9.17) is 0 Å². The van der Waals surface area contributed by atoms with Gasteiger partial charge in [0.25, 0.3) is 0 Å². The Balaban J connectivity index is 1.66. The van der Waals surface area contributed by atoms with E-state index in [0.29, 0.717) is 5.69 Å². The number of nitrogens with one attached hydrogen (secondary N) is 2. The molecule has 2 N–H and O–H groups in total. The van der Waals surface area contributed by atoms with Crippen molar-refractivity contribution in [3.8, 4) is 5.69 Å². The molecule has 0 unspecified atom stereocenters. The molecule has 0 saturated carbocycles. The van der Waals surface area contributed by atoms with Crippen LogP contribution in [-0.4, -0.2) is 22.6 Å². The molecule has 6 nitrogen and oxygen atoms in total. The molecule has 0 saturated heterocycles. The zero-order chi connectivity index (χ0) is 21.0. The lowest BCUT2D eigenvalue weighted by Crippen LogP contribution is -2.32. The molecule has 148 valence electrons. The molecule has 7 heteroatoms. The van der Waals surface area contributed by atoms with E-state index in [1.54, 1.807) is 0 Å². The van der Waals surface area contributed by atoms with E-state index in [1.807, 2.05) is 51.1 Å². The van der Waals surface area contributed by atoms with Gasteiger partial charge in [0.1, 0.15) is 5.82 Å². The minimum Gasteiger partial charge on any atom is -0.318 e. The maximum absolute atomic E-state index is 12.9. The highest BCUT2D eigenvalue weighted by atomic mass is 19.1. The van der Waals surface area contributed by atoms with Crippen molar-refractivity contribution in [3.05, 3.63) is 82.9 Å². The zero-order valence-corrected chi connectivity index (χ0v) is 16.4. The van der Waals surface area contributed by atoms with Crippen molar-refractivity contribution in [1.29, 1.82) is 0 Å². The number of amides is 2. The van der Waals surface area contributed by atoms with Gasteiger partial charge >= 0.3 is 11.8 Å². The number of nitrogens with zero attached hydrogens (tertiary/aromatic N) is 2. The van der Waals surface area contributed by atoms with Gasteiger partial charge in [-0.1, -0.05) is 17.7 Å². The second-order valence-corrected chi connectivity index (χ2v) is 6.66. The topological polar surface area (TPSA) is 75.5 Å². The Bertz CT molecular complexity index is 1070. The van der Waals surface area contributed by atoms with Crippen molar-refractivity contribution in [2.45, 2.75) is 20.8 Å².